The maximum absolute atomic E-state index is 5.77. The van der Waals surface area contributed by atoms with E-state index in [-0.39, 0.29) is 5.41 Å². The second kappa shape index (κ2) is 6.02. The van der Waals surface area contributed by atoms with Gasteiger partial charge in [-0.2, -0.15) is 0 Å². The maximum atomic E-state index is 5.77. The lowest BCUT2D eigenvalue weighted by Crippen LogP contribution is -2.23. The second-order valence-corrected chi connectivity index (χ2v) is 5.78. The third-order valence-corrected chi connectivity index (χ3v) is 3.55. The van der Waals surface area contributed by atoms with Gasteiger partial charge in [0, 0.05) is 24.5 Å². The molecule has 0 aliphatic rings. The largest absolute Gasteiger partial charge is 0.331 e. The van der Waals surface area contributed by atoms with Gasteiger partial charge in [0.15, 0.2) is 0 Å². The molecule has 2 N–H and O–H groups in total. The van der Waals surface area contributed by atoms with Crippen molar-refractivity contribution in [2.24, 2.45) is 11.1 Å². The smallest absolute Gasteiger partial charge is 0.139 e. The number of aromatic nitrogens is 2. The lowest BCUT2D eigenvalue weighted by molar-refractivity contribution is 0.328. The number of rotatable bonds is 6. The zero-order valence-electron chi connectivity index (χ0n) is 11.8. The lowest BCUT2D eigenvalue weighted by Gasteiger charge is -2.22. The van der Waals surface area contributed by atoms with Crippen LogP contribution in [0.2, 0.25) is 0 Å². The van der Waals surface area contributed by atoms with Crippen LogP contribution in [0, 0.1) is 5.41 Å². The summed E-state index contributed by atoms with van der Waals surface area (Å²) < 4.78 is 2.22. The Morgan fingerprint density at radius 2 is 1.95 bits per heavy atom. The number of hydrogen-bond acceptors (Lipinski definition) is 2. The highest BCUT2D eigenvalue weighted by Crippen LogP contribution is 2.22. The molecule has 0 fully saturated rings. The Morgan fingerprint density at radius 3 is 2.63 bits per heavy atom. The normalized spacial score (nSPS) is 11.7. The van der Waals surface area contributed by atoms with Crippen molar-refractivity contribution in [2.75, 3.05) is 6.54 Å². The molecule has 0 saturated heterocycles. The van der Waals surface area contributed by atoms with Gasteiger partial charge < -0.3 is 10.3 Å². The van der Waals surface area contributed by atoms with Crippen molar-refractivity contribution in [3.05, 3.63) is 42.7 Å². The summed E-state index contributed by atoms with van der Waals surface area (Å²) >= 11 is 0. The van der Waals surface area contributed by atoms with E-state index in [4.69, 9.17) is 5.73 Å². The van der Waals surface area contributed by atoms with Gasteiger partial charge in [0.1, 0.15) is 5.82 Å². The van der Waals surface area contributed by atoms with Crippen molar-refractivity contribution in [3.63, 3.8) is 0 Å². The monoisotopic (exact) mass is 257 g/mol. The van der Waals surface area contributed by atoms with Crippen molar-refractivity contribution in [1.82, 2.24) is 9.55 Å². The van der Waals surface area contributed by atoms with Crippen molar-refractivity contribution >= 4 is 0 Å². The standard InChI is InChI=1S/C16H23N3/c1-16(2,13-17)9-6-11-19-12-10-18-15(19)14-7-4-3-5-8-14/h3-5,7-8,10,12H,6,9,11,13,17H2,1-2H3. The predicted octanol–water partition coefficient (Wildman–Crippen LogP) is 3.32. The Kier molecular flexibility index (Phi) is 4.38. The van der Waals surface area contributed by atoms with Crippen molar-refractivity contribution in [3.8, 4) is 11.4 Å². The molecular weight excluding hydrogens is 234 g/mol. The third-order valence-electron chi connectivity index (χ3n) is 3.55. The van der Waals surface area contributed by atoms with Crippen LogP contribution in [0.25, 0.3) is 11.4 Å². The topological polar surface area (TPSA) is 43.8 Å². The van der Waals surface area contributed by atoms with Crippen molar-refractivity contribution in [1.29, 1.82) is 0 Å². The number of benzene rings is 1. The van der Waals surface area contributed by atoms with Gasteiger partial charge >= 0.3 is 0 Å². The maximum Gasteiger partial charge on any atom is 0.139 e. The summed E-state index contributed by atoms with van der Waals surface area (Å²) in [5, 5.41) is 0. The highest BCUT2D eigenvalue weighted by molar-refractivity contribution is 5.54. The Labute approximate surface area is 115 Å². The number of hydrogen-bond donors (Lipinski definition) is 1. The SMILES string of the molecule is CC(C)(CN)CCCn1ccnc1-c1ccccc1. The summed E-state index contributed by atoms with van der Waals surface area (Å²) in [4.78, 5) is 4.46. The van der Waals surface area contributed by atoms with Gasteiger partial charge in [0.05, 0.1) is 0 Å². The second-order valence-electron chi connectivity index (χ2n) is 5.78. The molecule has 0 bridgehead atoms. The Bertz CT molecular complexity index is 500. The molecule has 0 atom stereocenters. The molecule has 0 aliphatic heterocycles. The molecule has 0 unspecified atom stereocenters. The first-order valence-corrected chi connectivity index (χ1v) is 6.89. The van der Waals surface area contributed by atoms with Gasteiger partial charge in [0.2, 0.25) is 0 Å². The number of nitrogens with two attached hydrogens (primary N) is 1. The van der Waals surface area contributed by atoms with Crippen LogP contribution in [0.4, 0.5) is 0 Å². The van der Waals surface area contributed by atoms with Crippen LogP contribution in [0.5, 0.6) is 0 Å². The average Bonchev–Trinajstić information content (AvgIpc) is 2.88. The van der Waals surface area contributed by atoms with E-state index in [2.05, 4.69) is 41.7 Å². The first kappa shape index (κ1) is 13.8. The molecule has 0 aliphatic carbocycles. The van der Waals surface area contributed by atoms with Gasteiger partial charge in [-0.15, -0.1) is 0 Å². The number of imidazole rings is 1. The van der Waals surface area contributed by atoms with E-state index in [0.717, 1.165) is 31.8 Å². The van der Waals surface area contributed by atoms with Gasteiger partial charge in [0.25, 0.3) is 0 Å². The van der Waals surface area contributed by atoms with E-state index in [1.54, 1.807) is 0 Å². The summed E-state index contributed by atoms with van der Waals surface area (Å²) in [6.45, 7) is 6.17. The summed E-state index contributed by atoms with van der Waals surface area (Å²) in [6, 6.07) is 10.3. The van der Waals surface area contributed by atoms with Gasteiger partial charge in [-0.1, -0.05) is 44.2 Å². The van der Waals surface area contributed by atoms with Gasteiger partial charge in [-0.3, -0.25) is 0 Å². The Morgan fingerprint density at radius 1 is 1.21 bits per heavy atom. The molecule has 0 saturated carbocycles. The molecule has 1 heterocycles. The van der Waals surface area contributed by atoms with Crippen LogP contribution in [0.15, 0.2) is 42.7 Å². The molecule has 1 aromatic carbocycles. The molecule has 3 nitrogen and oxygen atoms in total. The van der Waals surface area contributed by atoms with E-state index < -0.39 is 0 Å². The van der Waals surface area contributed by atoms with Crippen LogP contribution in [0.1, 0.15) is 26.7 Å². The van der Waals surface area contributed by atoms with E-state index in [9.17, 15) is 0 Å². The van der Waals surface area contributed by atoms with Crippen molar-refractivity contribution in [2.45, 2.75) is 33.2 Å². The van der Waals surface area contributed by atoms with E-state index in [1.807, 2.05) is 24.4 Å². The Balaban J connectivity index is 2.01. The summed E-state index contributed by atoms with van der Waals surface area (Å²) in [5.74, 6) is 1.05. The predicted molar refractivity (Wildman–Crippen MR) is 79.7 cm³/mol. The highest BCUT2D eigenvalue weighted by atomic mass is 15.1. The average molecular weight is 257 g/mol. The van der Waals surface area contributed by atoms with Crippen LogP contribution in [0.3, 0.4) is 0 Å². The molecule has 2 aromatic rings. The molecule has 0 spiro atoms. The first-order valence-electron chi connectivity index (χ1n) is 6.89. The quantitative estimate of drug-likeness (QED) is 0.862. The summed E-state index contributed by atoms with van der Waals surface area (Å²) in [5.41, 5.74) is 7.17. The van der Waals surface area contributed by atoms with Gasteiger partial charge in [-0.25, -0.2) is 4.98 Å². The number of aryl methyl sites for hydroxylation is 1. The molecular formula is C16H23N3. The van der Waals surface area contributed by atoms with E-state index >= 15 is 0 Å². The van der Waals surface area contributed by atoms with E-state index in [0.29, 0.717) is 0 Å². The zero-order valence-corrected chi connectivity index (χ0v) is 11.8. The molecule has 19 heavy (non-hydrogen) atoms. The highest BCUT2D eigenvalue weighted by Gasteiger charge is 2.15. The molecule has 3 heteroatoms. The number of nitrogens with zero attached hydrogens (tertiary/aromatic N) is 2. The minimum atomic E-state index is 0.230. The molecule has 102 valence electrons. The molecule has 1 aromatic heterocycles. The van der Waals surface area contributed by atoms with Crippen LogP contribution in [-0.2, 0) is 6.54 Å². The fourth-order valence-corrected chi connectivity index (χ4v) is 2.17. The first-order chi connectivity index (χ1) is 9.12. The minimum absolute atomic E-state index is 0.230. The fraction of sp³-hybridized carbons (Fsp3) is 0.438. The third kappa shape index (κ3) is 3.67. The minimum Gasteiger partial charge on any atom is -0.331 e. The molecule has 2 rings (SSSR count). The lowest BCUT2D eigenvalue weighted by atomic mass is 9.88. The summed E-state index contributed by atoms with van der Waals surface area (Å²) in [7, 11) is 0. The molecule has 0 amide bonds. The Hall–Kier alpha value is -1.61. The van der Waals surface area contributed by atoms with Crippen LogP contribution >= 0.6 is 0 Å². The van der Waals surface area contributed by atoms with Gasteiger partial charge in [-0.05, 0) is 24.8 Å². The van der Waals surface area contributed by atoms with Crippen LogP contribution in [-0.4, -0.2) is 16.1 Å². The zero-order chi connectivity index (χ0) is 13.7. The summed E-state index contributed by atoms with van der Waals surface area (Å²) in [6.07, 6.45) is 6.19. The van der Waals surface area contributed by atoms with Crippen molar-refractivity contribution < 1.29 is 0 Å². The molecule has 0 radical (unpaired) electrons. The van der Waals surface area contributed by atoms with E-state index in [1.165, 1.54) is 5.56 Å². The van der Waals surface area contributed by atoms with Crippen LogP contribution < -0.4 is 5.73 Å². The fourth-order valence-electron chi connectivity index (χ4n) is 2.17.